The van der Waals surface area contributed by atoms with E-state index in [0.717, 1.165) is 12.5 Å². The van der Waals surface area contributed by atoms with E-state index in [4.69, 9.17) is 0 Å². The summed E-state index contributed by atoms with van der Waals surface area (Å²) in [5, 5.41) is 2.19. The third kappa shape index (κ3) is 4.63. The minimum absolute atomic E-state index is 0.892. The minimum Gasteiger partial charge on any atom is -0.298 e. The Kier molecular flexibility index (Phi) is 5.83. The van der Waals surface area contributed by atoms with Gasteiger partial charge in [-0.05, 0) is 72.8 Å². The smallest absolute Gasteiger partial charge is 0.0327 e. The number of rotatable bonds is 6. The monoisotopic (exact) mass is 361 g/mol. The quantitative estimate of drug-likeness (QED) is 0.501. The van der Waals surface area contributed by atoms with Crippen molar-refractivity contribution in [3.05, 3.63) is 82.6 Å². The molecular weight excluding hydrogens is 334 g/mol. The van der Waals surface area contributed by atoms with Crippen molar-refractivity contribution in [1.29, 1.82) is 0 Å². The molecule has 3 aromatic rings. The molecule has 0 atom stereocenters. The molecule has 1 aliphatic heterocycles. The Hall–Kier alpha value is -1.90. The van der Waals surface area contributed by atoms with Gasteiger partial charge in [0.05, 0.1) is 0 Å². The number of piperidine rings is 1. The Morgan fingerprint density at radius 2 is 1.54 bits per heavy atom. The summed E-state index contributed by atoms with van der Waals surface area (Å²) in [4.78, 5) is 4.12. The molecule has 1 fully saturated rings. The predicted octanol–water partition coefficient (Wildman–Crippen LogP) is 6.26. The fourth-order valence-corrected chi connectivity index (χ4v) is 4.67. The van der Waals surface area contributed by atoms with Gasteiger partial charge in [0.15, 0.2) is 0 Å². The molecule has 0 unspecified atom stereocenters. The fraction of sp³-hybridized carbons (Fsp3) is 0.333. The molecule has 1 aliphatic rings. The van der Waals surface area contributed by atoms with Gasteiger partial charge < -0.3 is 0 Å². The first-order valence-corrected chi connectivity index (χ1v) is 10.6. The van der Waals surface area contributed by atoms with Crippen LogP contribution in [0.1, 0.15) is 29.7 Å². The molecule has 2 aromatic carbocycles. The Balaban J connectivity index is 1.23. The van der Waals surface area contributed by atoms with Crippen LogP contribution in [-0.2, 0) is 13.0 Å². The molecule has 0 N–H and O–H groups in total. The molecule has 134 valence electrons. The van der Waals surface area contributed by atoms with Gasteiger partial charge in [-0.1, -0.05) is 60.7 Å². The van der Waals surface area contributed by atoms with Gasteiger partial charge in [0.1, 0.15) is 0 Å². The molecule has 1 aromatic heterocycles. The zero-order chi connectivity index (χ0) is 17.6. The van der Waals surface area contributed by atoms with E-state index in [-0.39, 0.29) is 0 Å². The van der Waals surface area contributed by atoms with Gasteiger partial charge in [-0.15, -0.1) is 11.3 Å². The van der Waals surface area contributed by atoms with Gasteiger partial charge in [0, 0.05) is 11.4 Å². The highest BCUT2D eigenvalue weighted by atomic mass is 32.1. The summed E-state index contributed by atoms with van der Waals surface area (Å²) in [5.41, 5.74) is 4.10. The second-order valence-electron chi connectivity index (χ2n) is 7.40. The third-order valence-corrected chi connectivity index (χ3v) is 6.43. The molecule has 0 amide bonds. The van der Waals surface area contributed by atoms with Gasteiger partial charge in [0.2, 0.25) is 0 Å². The molecular formula is C24H27NS. The number of hydrogen-bond donors (Lipinski definition) is 0. The first-order chi connectivity index (χ1) is 12.9. The highest BCUT2D eigenvalue weighted by molar-refractivity contribution is 7.09. The molecule has 0 radical (unpaired) electrons. The van der Waals surface area contributed by atoms with Crippen molar-refractivity contribution in [1.82, 2.24) is 4.90 Å². The zero-order valence-electron chi connectivity index (χ0n) is 15.3. The van der Waals surface area contributed by atoms with E-state index >= 15 is 0 Å². The van der Waals surface area contributed by atoms with Crippen molar-refractivity contribution >= 4 is 11.3 Å². The molecule has 0 bridgehead atoms. The van der Waals surface area contributed by atoms with Gasteiger partial charge >= 0.3 is 0 Å². The average Bonchev–Trinajstić information content (AvgIpc) is 3.22. The predicted molar refractivity (Wildman–Crippen MR) is 113 cm³/mol. The number of nitrogens with zero attached hydrogens (tertiary/aromatic N) is 1. The van der Waals surface area contributed by atoms with Crippen LogP contribution in [-0.4, -0.2) is 18.0 Å². The van der Waals surface area contributed by atoms with Crippen LogP contribution in [0.2, 0.25) is 0 Å². The van der Waals surface area contributed by atoms with Crippen LogP contribution in [0.5, 0.6) is 0 Å². The highest BCUT2D eigenvalue weighted by Gasteiger charge is 2.19. The maximum Gasteiger partial charge on any atom is 0.0327 e. The lowest BCUT2D eigenvalue weighted by Crippen LogP contribution is -2.33. The maximum absolute atomic E-state index is 2.62. The van der Waals surface area contributed by atoms with Gasteiger partial charge in [-0.3, -0.25) is 4.90 Å². The molecule has 0 spiro atoms. The van der Waals surface area contributed by atoms with Crippen LogP contribution in [0.15, 0.2) is 72.1 Å². The lowest BCUT2D eigenvalue weighted by atomic mass is 9.90. The number of likely N-dealkylation sites (tertiary alicyclic amines) is 1. The van der Waals surface area contributed by atoms with E-state index in [0.29, 0.717) is 0 Å². The lowest BCUT2D eigenvalue weighted by molar-refractivity contribution is 0.173. The number of aryl methyl sites for hydroxylation is 1. The molecule has 4 rings (SSSR count). The molecule has 0 saturated carbocycles. The minimum atomic E-state index is 0.892. The molecule has 2 heteroatoms. The van der Waals surface area contributed by atoms with Crippen molar-refractivity contribution in [2.45, 2.75) is 32.2 Å². The Morgan fingerprint density at radius 3 is 2.23 bits per heavy atom. The van der Waals surface area contributed by atoms with Crippen LogP contribution < -0.4 is 0 Å². The summed E-state index contributed by atoms with van der Waals surface area (Å²) in [5.74, 6) is 0.892. The molecule has 1 saturated heterocycles. The summed E-state index contributed by atoms with van der Waals surface area (Å²) < 4.78 is 0. The van der Waals surface area contributed by atoms with Crippen molar-refractivity contribution < 1.29 is 0 Å². The number of benzene rings is 2. The van der Waals surface area contributed by atoms with Crippen molar-refractivity contribution in [3.63, 3.8) is 0 Å². The normalized spacial score (nSPS) is 16.0. The Morgan fingerprint density at radius 1 is 0.808 bits per heavy atom. The average molecular weight is 362 g/mol. The van der Waals surface area contributed by atoms with Gasteiger partial charge in [-0.2, -0.15) is 0 Å². The van der Waals surface area contributed by atoms with Crippen molar-refractivity contribution in [2.24, 2.45) is 5.92 Å². The fourth-order valence-electron chi connectivity index (χ4n) is 3.92. The van der Waals surface area contributed by atoms with E-state index in [2.05, 4.69) is 77.0 Å². The highest BCUT2D eigenvalue weighted by Crippen LogP contribution is 2.25. The van der Waals surface area contributed by atoms with Crippen molar-refractivity contribution in [3.8, 4) is 11.1 Å². The summed E-state index contributed by atoms with van der Waals surface area (Å²) in [6.45, 7) is 3.66. The van der Waals surface area contributed by atoms with Crippen molar-refractivity contribution in [2.75, 3.05) is 13.1 Å². The first kappa shape index (κ1) is 17.5. The van der Waals surface area contributed by atoms with Crippen LogP contribution >= 0.6 is 11.3 Å². The van der Waals surface area contributed by atoms with Crippen LogP contribution in [0.4, 0.5) is 0 Å². The van der Waals surface area contributed by atoms with E-state index in [1.807, 2.05) is 11.3 Å². The topological polar surface area (TPSA) is 3.24 Å². The van der Waals surface area contributed by atoms with Crippen LogP contribution in [0.25, 0.3) is 11.1 Å². The SMILES string of the molecule is c1ccc(-c2ccc(CCC3CCN(Cc4cccs4)CC3)cc2)cc1. The van der Waals surface area contributed by atoms with E-state index in [9.17, 15) is 0 Å². The van der Waals surface area contributed by atoms with Crippen LogP contribution in [0.3, 0.4) is 0 Å². The Bertz CT molecular complexity index is 769. The van der Waals surface area contributed by atoms with E-state index in [1.54, 1.807) is 0 Å². The number of hydrogen-bond acceptors (Lipinski definition) is 2. The largest absolute Gasteiger partial charge is 0.298 e. The number of thiophene rings is 1. The Labute approximate surface area is 161 Å². The zero-order valence-corrected chi connectivity index (χ0v) is 16.1. The second-order valence-corrected chi connectivity index (χ2v) is 8.43. The molecule has 2 heterocycles. The maximum atomic E-state index is 2.62. The van der Waals surface area contributed by atoms with E-state index < -0.39 is 0 Å². The van der Waals surface area contributed by atoms with Gasteiger partial charge in [-0.25, -0.2) is 0 Å². The summed E-state index contributed by atoms with van der Waals surface area (Å²) in [6, 6.07) is 24.2. The summed E-state index contributed by atoms with van der Waals surface area (Å²) in [7, 11) is 0. The summed E-state index contributed by atoms with van der Waals surface area (Å²) >= 11 is 1.88. The van der Waals surface area contributed by atoms with E-state index in [1.165, 1.54) is 60.3 Å². The summed E-state index contributed by atoms with van der Waals surface area (Å²) in [6.07, 6.45) is 5.25. The van der Waals surface area contributed by atoms with Crippen LogP contribution in [0, 0.1) is 5.92 Å². The molecule has 26 heavy (non-hydrogen) atoms. The van der Waals surface area contributed by atoms with Gasteiger partial charge in [0.25, 0.3) is 0 Å². The molecule has 1 nitrogen and oxygen atoms in total. The molecule has 0 aliphatic carbocycles. The third-order valence-electron chi connectivity index (χ3n) is 5.57. The first-order valence-electron chi connectivity index (χ1n) is 9.76. The lowest BCUT2D eigenvalue weighted by Gasteiger charge is -2.31. The second kappa shape index (κ2) is 8.66. The standard InChI is InChI=1S/C24H27NS/c1-2-5-22(6-3-1)23-12-10-20(11-13-23)8-9-21-14-16-25(17-15-21)19-24-7-4-18-26-24/h1-7,10-13,18,21H,8-9,14-17,19H2.